The van der Waals surface area contributed by atoms with Gasteiger partial charge in [-0.25, -0.2) is 0 Å². The Morgan fingerprint density at radius 2 is 1.71 bits per heavy atom. The number of fused-ring (bicyclic) bond motifs is 1. The van der Waals surface area contributed by atoms with Gasteiger partial charge < -0.3 is 5.73 Å². The maximum atomic E-state index is 12.6. The lowest BCUT2D eigenvalue weighted by atomic mass is 9.98. The Hall–Kier alpha value is -1.33. The predicted molar refractivity (Wildman–Crippen MR) is 78.4 cm³/mol. The van der Waals surface area contributed by atoms with E-state index in [-0.39, 0.29) is 6.04 Å². The molecule has 112 valence electrons. The van der Waals surface area contributed by atoms with Crippen molar-refractivity contribution < 1.29 is 13.2 Å². The SMILES string of the molecule is NC(c1ccc(C(F)(F)F)cc1)c1cc2c(s1)CCCC2. The van der Waals surface area contributed by atoms with E-state index in [1.165, 1.54) is 35.4 Å². The highest BCUT2D eigenvalue weighted by Crippen LogP contribution is 2.35. The van der Waals surface area contributed by atoms with Crippen LogP contribution in [0.1, 0.15) is 45.3 Å². The molecule has 0 saturated heterocycles. The third kappa shape index (κ3) is 2.99. The van der Waals surface area contributed by atoms with Crippen LogP contribution in [0.25, 0.3) is 0 Å². The van der Waals surface area contributed by atoms with E-state index in [1.807, 2.05) is 0 Å². The van der Waals surface area contributed by atoms with Crippen molar-refractivity contribution in [1.82, 2.24) is 0 Å². The number of alkyl halides is 3. The molecule has 1 aromatic heterocycles. The molecule has 2 N–H and O–H groups in total. The Balaban J connectivity index is 1.84. The topological polar surface area (TPSA) is 26.0 Å². The van der Waals surface area contributed by atoms with Gasteiger partial charge in [-0.05, 0) is 55.0 Å². The summed E-state index contributed by atoms with van der Waals surface area (Å²) in [6.07, 6.45) is 0.303. The average molecular weight is 311 g/mol. The van der Waals surface area contributed by atoms with Crippen LogP contribution in [0, 0.1) is 0 Å². The first-order chi connectivity index (χ1) is 9.95. The van der Waals surface area contributed by atoms with Gasteiger partial charge in [0.25, 0.3) is 0 Å². The van der Waals surface area contributed by atoms with Crippen LogP contribution in [-0.2, 0) is 19.0 Å². The Labute approximate surface area is 125 Å². The van der Waals surface area contributed by atoms with Gasteiger partial charge in [0, 0.05) is 9.75 Å². The molecule has 1 nitrogen and oxygen atoms in total. The molecular weight excluding hydrogens is 295 g/mol. The molecular formula is C16H16F3NS. The maximum absolute atomic E-state index is 12.6. The predicted octanol–water partition coefficient (Wildman–Crippen LogP) is 4.69. The molecule has 0 fully saturated rings. The fraction of sp³-hybridized carbons (Fsp3) is 0.375. The lowest BCUT2D eigenvalue weighted by Crippen LogP contribution is -2.11. The van der Waals surface area contributed by atoms with Gasteiger partial charge in [0.2, 0.25) is 0 Å². The van der Waals surface area contributed by atoms with Crippen molar-refractivity contribution in [3.63, 3.8) is 0 Å². The number of benzene rings is 1. The molecule has 1 aliphatic rings. The first-order valence-corrected chi connectivity index (χ1v) is 7.81. The second-order valence-corrected chi connectivity index (χ2v) is 6.57. The van der Waals surface area contributed by atoms with Crippen LogP contribution < -0.4 is 5.73 Å². The minimum atomic E-state index is -4.30. The van der Waals surface area contributed by atoms with Crippen LogP contribution in [0.2, 0.25) is 0 Å². The summed E-state index contributed by atoms with van der Waals surface area (Å²) in [5, 5.41) is 0. The van der Waals surface area contributed by atoms with Gasteiger partial charge in [-0.15, -0.1) is 11.3 Å². The van der Waals surface area contributed by atoms with E-state index in [4.69, 9.17) is 5.73 Å². The lowest BCUT2D eigenvalue weighted by molar-refractivity contribution is -0.137. The lowest BCUT2D eigenvalue weighted by Gasteiger charge is -2.12. The second-order valence-electron chi connectivity index (χ2n) is 5.40. The van der Waals surface area contributed by atoms with Crippen molar-refractivity contribution in [2.75, 3.05) is 0 Å². The van der Waals surface area contributed by atoms with Crippen LogP contribution in [0.3, 0.4) is 0 Å². The fourth-order valence-corrected chi connectivity index (χ4v) is 4.00. The standard InChI is InChI=1S/C16H16F3NS/c17-16(18,19)12-7-5-10(6-8-12)15(20)14-9-11-3-1-2-4-13(11)21-14/h5-9,15H,1-4,20H2. The molecule has 0 spiro atoms. The van der Waals surface area contributed by atoms with Gasteiger partial charge in [0.15, 0.2) is 0 Å². The first kappa shape index (κ1) is 14.6. The Morgan fingerprint density at radius 3 is 2.33 bits per heavy atom. The van der Waals surface area contributed by atoms with Crippen molar-refractivity contribution in [3.8, 4) is 0 Å². The molecule has 21 heavy (non-hydrogen) atoms. The van der Waals surface area contributed by atoms with Gasteiger partial charge >= 0.3 is 6.18 Å². The van der Waals surface area contributed by atoms with Gasteiger partial charge in [-0.1, -0.05) is 12.1 Å². The van der Waals surface area contributed by atoms with Crippen LogP contribution in [-0.4, -0.2) is 0 Å². The van der Waals surface area contributed by atoms with Crippen molar-refractivity contribution >= 4 is 11.3 Å². The molecule has 0 radical (unpaired) electrons. The molecule has 0 amide bonds. The van der Waals surface area contributed by atoms with Crippen molar-refractivity contribution in [1.29, 1.82) is 0 Å². The highest BCUT2D eigenvalue weighted by atomic mass is 32.1. The van der Waals surface area contributed by atoms with Gasteiger partial charge in [0.05, 0.1) is 11.6 Å². The van der Waals surface area contributed by atoms with Gasteiger partial charge in [-0.2, -0.15) is 13.2 Å². The number of nitrogens with two attached hydrogens (primary N) is 1. The summed E-state index contributed by atoms with van der Waals surface area (Å²) in [6, 6.07) is 6.94. The molecule has 0 aliphatic heterocycles. The maximum Gasteiger partial charge on any atom is 0.416 e. The summed E-state index contributed by atoms with van der Waals surface area (Å²) < 4.78 is 37.7. The number of aryl methyl sites for hydroxylation is 2. The zero-order chi connectivity index (χ0) is 15.0. The average Bonchev–Trinajstić information content (AvgIpc) is 2.89. The smallest absolute Gasteiger partial charge is 0.320 e. The summed E-state index contributed by atoms with van der Waals surface area (Å²) >= 11 is 1.70. The monoisotopic (exact) mass is 311 g/mol. The fourth-order valence-electron chi connectivity index (χ4n) is 2.71. The summed E-state index contributed by atoms with van der Waals surface area (Å²) in [4.78, 5) is 2.43. The molecule has 1 atom stereocenters. The molecule has 3 rings (SSSR count). The zero-order valence-corrected chi connectivity index (χ0v) is 12.2. The van der Waals surface area contributed by atoms with E-state index < -0.39 is 11.7 Å². The Kier molecular flexibility index (Phi) is 3.80. The molecule has 0 saturated carbocycles. The van der Waals surface area contributed by atoms with Crippen molar-refractivity contribution in [3.05, 3.63) is 56.8 Å². The van der Waals surface area contributed by atoms with E-state index in [1.54, 1.807) is 11.3 Å². The van der Waals surface area contributed by atoms with E-state index in [9.17, 15) is 13.2 Å². The molecule has 1 aliphatic carbocycles. The summed E-state index contributed by atoms with van der Waals surface area (Å²) in [7, 11) is 0. The number of rotatable bonds is 2. The molecule has 2 aromatic rings. The summed E-state index contributed by atoms with van der Waals surface area (Å²) in [6.45, 7) is 0. The summed E-state index contributed by atoms with van der Waals surface area (Å²) in [5.74, 6) is 0. The van der Waals surface area contributed by atoms with Crippen LogP contribution in [0.4, 0.5) is 13.2 Å². The van der Waals surface area contributed by atoms with Crippen molar-refractivity contribution in [2.45, 2.75) is 37.9 Å². The second kappa shape index (κ2) is 5.46. The molecule has 0 bridgehead atoms. The Bertz CT molecular complexity index is 604. The van der Waals surface area contributed by atoms with E-state index in [0.29, 0.717) is 0 Å². The molecule has 5 heteroatoms. The number of thiophene rings is 1. The van der Waals surface area contributed by atoms with Crippen LogP contribution >= 0.6 is 11.3 Å². The van der Waals surface area contributed by atoms with Gasteiger partial charge in [0.1, 0.15) is 0 Å². The Morgan fingerprint density at radius 1 is 1.05 bits per heavy atom. The van der Waals surface area contributed by atoms with E-state index in [0.717, 1.165) is 35.4 Å². The molecule has 1 aromatic carbocycles. The number of hydrogen-bond acceptors (Lipinski definition) is 2. The minimum Gasteiger partial charge on any atom is -0.320 e. The summed E-state index contributed by atoms with van der Waals surface area (Å²) in [5.41, 5.74) is 7.67. The van der Waals surface area contributed by atoms with E-state index >= 15 is 0 Å². The first-order valence-electron chi connectivity index (χ1n) is 6.99. The van der Waals surface area contributed by atoms with Crippen LogP contribution in [0.5, 0.6) is 0 Å². The van der Waals surface area contributed by atoms with Crippen LogP contribution in [0.15, 0.2) is 30.3 Å². The van der Waals surface area contributed by atoms with Crippen molar-refractivity contribution in [2.24, 2.45) is 5.73 Å². The number of hydrogen-bond donors (Lipinski definition) is 1. The minimum absolute atomic E-state index is 0.345. The quantitative estimate of drug-likeness (QED) is 0.855. The third-order valence-corrected chi connectivity index (χ3v) is 5.24. The van der Waals surface area contributed by atoms with Gasteiger partial charge in [-0.3, -0.25) is 0 Å². The third-order valence-electron chi connectivity index (χ3n) is 3.92. The highest BCUT2D eigenvalue weighted by Gasteiger charge is 2.30. The normalized spacial score (nSPS) is 16.6. The zero-order valence-electron chi connectivity index (χ0n) is 11.4. The highest BCUT2D eigenvalue weighted by molar-refractivity contribution is 7.12. The van der Waals surface area contributed by atoms with E-state index in [2.05, 4.69) is 6.07 Å². The molecule has 1 unspecified atom stereocenters. The number of halogens is 3. The molecule has 1 heterocycles. The largest absolute Gasteiger partial charge is 0.416 e.